The molecule has 0 aliphatic carbocycles. The normalized spacial score (nSPS) is 9.94. The van der Waals surface area contributed by atoms with E-state index in [2.05, 4.69) is 11.9 Å². The van der Waals surface area contributed by atoms with Gasteiger partial charge in [0.05, 0.1) is 4.92 Å². The lowest BCUT2D eigenvalue weighted by Crippen LogP contribution is -2.06. The number of nitro benzene ring substituents is 1. The molecule has 0 heterocycles. The van der Waals surface area contributed by atoms with Crippen molar-refractivity contribution in [3.8, 4) is 0 Å². The highest BCUT2D eigenvalue weighted by atomic mass is 35.5. The van der Waals surface area contributed by atoms with Gasteiger partial charge in [0.1, 0.15) is 5.69 Å². The molecule has 1 N–H and O–H groups in total. The number of halogens is 1. The van der Waals surface area contributed by atoms with Gasteiger partial charge in [0, 0.05) is 29.1 Å². The summed E-state index contributed by atoms with van der Waals surface area (Å²) in [5.74, 6) is 1.75. The molecule has 0 unspecified atom stereocenters. The summed E-state index contributed by atoms with van der Waals surface area (Å²) < 4.78 is 0. The molecule has 1 rings (SSSR count). The van der Waals surface area contributed by atoms with E-state index in [0.29, 0.717) is 17.3 Å². The summed E-state index contributed by atoms with van der Waals surface area (Å²) in [4.78, 5) is 10.4. The van der Waals surface area contributed by atoms with Crippen molar-refractivity contribution in [3.05, 3.63) is 46.0 Å². The topological polar surface area (TPSA) is 55.2 Å². The number of nitrogens with zero attached hydrogens (tertiary/aromatic N) is 1. The molecule has 0 amide bonds. The molecule has 92 valence electrons. The van der Waals surface area contributed by atoms with Gasteiger partial charge in [-0.3, -0.25) is 10.1 Å². The molecule has 4 nitrogen and oxygen atoms in total. The summed E-state index contributed by atoms with van der Waals surface area (Å²) in [6, 6.07) is 4.60. The van der Waals surface area contributed by atoms with Crippen molar-refractivity contribution in [1.82, 2.24) is 0 Å². The number of benzene rings is 1. The summed E-state index contributed by atoms with van der Waals surface area (Å²) in [7, 11) is 0. The predicted octanol–water partition coefficient (Wildman–Crippen LogP) is 3.58. The highest BCUT2D eigenvalue weighted by Crippen LogP contribution is 2.27. The van der Waals surface area contributed by atoms with Crippen LogP contribution < -0.4 is 5.32 Å². The van der Waals surface area contributed by atoms with Crippen molar-refractivity contribution in [2.75, 3.05) is 23.4 Å². The molecule has 0 spiro atoms. The van der Waals surface area contributed by atoms with Gasteiger partial charge >= 0.3 is 0 Å². The van der Waals surface area contributed by atoms with E-state index in [0.717, 1.165) is 11.5 Å². The first-order valence-electron chi connectivity index (χ1n) is 5.01. The third-order valence-electron chi connectivity index (χ3n) is 1.95. The van der Waals surface area contributed by atoms with Crippen LogP contribution in [0.1, 0.15) is 0 Å². The monoisotopic (exact) mass is 272 g/mol. The number of nitrogens with one attached hydrogen (secondary N) is 1. The average molecular weight is 273 g/mol. The zero-order valence-electron chi connectivity index (χ0n) is 9.19. The largest absolute Gasteiger partial charge is 0.379 e. The first kappa shape index (κ1) is 13.9. The Morgan fingerprint density at radius 2 is 2.35 bits per heavy atom. The maximum atomic E-state index is 10.8. The molecule has 0 saturated carbocycles. The van der Waals surface area contributed by atoms with Crippen LogP contribution in [0.5, 0.6) is 0 Å². The molecule has 6 heteroatoms. The van der Waals surface area contributed by atoms with Gasteiger partial charge in [0.15, 0.2) is 0 Å². The fraction of sp³-hybridized carbons (Fsp3) is 0.273. The number of hydrogen-bond donors (Lipinski definition) is 1. The van der Waals surface area contributed by atoms with E-state index >= 15 is 0 Å². The van der Waals surface area contributed by atoms with Gasteiger partial charge in [0.25, 0.3) is 5.69 Å². The molecule has 0 fully saturated rings. The third kappa shape index (κ3) is 4.66. The van der Waals surface area contributed by atoms with Crippen LogP contribution in [-0.2, 0) is 0 Å². The lowest BCUT2D eigenvalue weighted by atomic mass is 10.2. The third-order valence-corrected chi connectivity index (χ3v) is 3.15. The summed E-state index contributed by atoms with van der Waals surface area (Å²) in [5.41, 5.74) is 0.504. The number of nitro groups is 1. The van der Waals surface area contributed by atoms with Gasteiger partial charge in [0.2, 0.25) is 0 Å². The van der Waals surface area contributed by atoms with Crippen LogP contribution in [0.15, 0.2) is 30.9 Å². The zero-order valence-corrected chi connectivity index (χ0v) is 10.8. The molecule has 17 heavy (non-hydrogen) atoms. The Morgan fingerprint density at radius 1 is 1.59 bits per heavy atom. The number of rotatable bonds is 7. The van der Waals surface area contributed by atoms with E-state index in [4.69, 9.17) is 11.6 Å². The second kappa shape index (κ2) is 7.19. The second-order valence-electron chi connectivity index (χ2n) is 3.21. The molecular formula is C11H13ClN2O2S. The average Bonchev–Trinajstić information content (AvgIpc) is 2.30. The van der Waals surface area contributed by atoms with Crippen molar-refractivity contribution in [3.63, 3.8) is 0 Å². The lowest BCUT2D eigenvalue weighted by molar-refractivity contribution is -0.383. The van der Waals surface area contributed by atoms with Crippen molar-refractivity contribution in [2.24, 2.45) is 0 Å². The van der Waals surface area contributed by atoms with Crippen LogP contribution in [-0.4, -0.2) is 23.0 Å². The predicted molar refractivity (Wildman–Crippen MR) is 74.1 cm³/mol. The Morgan fingerprint density at radius 3 is 3.00 bits per heavy atom. The highest BCUT2D eigenvalue weighted by molar-refractivity contribution is 7.99. The minimum atomic E-state index is -0.439. The summed E-state index contributed by atoms with van der Waals surface area (Å²) >= 11 is 7.43. The smallest absolute Gasteiger partial charge is 0.293 e. The van der Waals surface area contributed by atoms with Gasteiger partial charge in [-0.1, -0.05) is 17.7 Å². The van der Waals surface area contributed by atoms with Crippen LogP contribution in [0, 0.1) is 10.1 Å². The van der Waals surface area contributed by atoms with Gasteiger partial charge in [-0.15, -0.1) is 6.58 Å². The van der Waals surface area contributed by atoms with Crippen LogP contribution in [0.2, 0.25) is 5.02 Å². The van der Waals surface area contributed by atoms with Crippen LogP contribution >= 0.6 is 23.4 Å². The van der Waals surface area contributed by atoms with Crippen LogP contribution in [0.3, 0.4) is 0 Å². The number of hydrogen-bond acceptors (Lipinski definition) is 4. The molecule has 0 aliphatic heterocycles. The Balaban J connectivity index is 2.58. The standard InChI is InChI=1S/C11H13ClN2O2S/c1-2-6-17-7-5-13-10-4-3-9(12)8-11(10)14(15)16/h2-4,8,13H,1,5-7H2. The maximum absolute atomic E-state index is 10.8. The summed E-state index contributed by atoms with van der Waals surface area (Å²) in [6.07, 6.45) is 1.83. The van der Waals surface area contributed by atoms with Gasteiger partial charge < -0.3 is 5.32 Å². The minimum Gasteiger partial charge on any atom is -0.379 e. The second-order valence-corrected chi connectivity index (χ2v) is 4.80. The van der Waals surface area contributed by atoms with E-state index in [1.54, 1.807) is 23.9 Å². The highest BCUT2D eigenvalue weighted by Gasteiger charge is 2.13. The Labute approximate surface area is 109 Å². The molecular weight excluding hydrogens is 260 g/mol. The van der Waals surface area contributed by atoms with Crippen molar-refractivity contribution >= 4 is 34.7 Å². The molecule has 0 saturated heterocycles. The van der Waals surface area contributed by atoms with E-state index in [1.807, 2.05) is 6.08 Å². The molecule has 0 aromatic heterocycles. The quantitative estimate of drug-likeness (QED) is 0.357. The SMILES string of the molecule is C=CCSCCNc1ccc(Cl)cc1[N+](=O)[O-]. The molecule has 0 aliphatic rings. The number of anilines is 1. The first-order valence-corrected chi connectivity index (χ1v) is 6.55. The van der Waals surface area contributed by atoms with Crippen molar-refractivity contribution < 1.29 is 4.92 Å². The van der Waals surface area contributed by atoms with E-state index in [1.165, 1.54) is 6.07 Å². The zero-order chi connectivity index (χ0) is 12.7. The fourth-order valence-electron chi connectivity index (χ4n) is 1.23. The summed E-state index contributed by atoms with van der Waals surface area (Å²) in [6.45, 7) is 4.29. The van der Waals surface area contributed by atoms with E-state index < -0.39 is 4.92 Å². The minimum absolute atomic E-state index is 0.00576. The molecule has 0 radical (unpaired) electrons. The van der Waals surface area contributed by atoms with Crippen molar-refractivity contribution in [1.29, 1.82) is 0 Å². The van der Waals surface area contributed by atoms with Gasteiger partial charge in [-0.05, 0) is 12.1 Å². The summed E-state index contributed by atoms with van der Waals surface area (Å²) in [5, 5.41) is 14.2. The van der Waals surface area contributed by atoms with Crippen molar-refractivity contribution in [2.45, 2.75) is 0 Å². The first-order chi connectivity index (χ1) is 8.15. The maximum Gasteiger partial charge on any atom is 0.293 e. The van der Waals surface area contributed by atoms with Crippen LogP contribution in [0.4, 0.5) is 11.4 Å². The molecule has 0 bridgehead atoms. The molecule has 1 aromatic carbocycles. The van der Waals surface area contributed by atoms with E-state index in [-0.39, 0.29) is 5.69 Å². The molecule has 0 atom stereocenters. The Kier molecular flexibility index (Phi) is 5.86. The number of thioether (sulfide) groups is 1. The van der Waals surface area contributed by atoms with Crippen LogP contribution in [0.25, 0.3) is 0 Å². The Bertz CT molecular complexity index is 412. The Hall–Kier alpha value is -1.20. The fourth-order valence-corrected chi connectivity index (χ4v) is 1.98. The lowest BCUT2D eigenvalue weighted by Gasteiger charge is -2.06. The van der Waals surface area contributed by atoms with E-state index in [9.17, 15) is 10.1 Å². The molecule has 1 aromatic rings. The van der Waals surface area contributed by atoms with Gasteiger partial charge in [-0.25, -0.2) is 0 Å². The van der Waals surface area contributed by atoms with Gasteiger partial charge in [-0.2, -0.15) is 11.8 Å².